The van der Waals surface area contributed by atoms with E-state index in [-0.39, 0.29) is 17.7 Å². The molecule has 118 valence electrons. The van der Waals surface area contributed by atoms with Gasteiger partial charge in [-0.05, 0) is 30.9 Å². The summed E-state index contributed by atoms with van der Waals surface area (Å²) in [6.45, 7) is 3.47. The topological polar surface area (TPSA) is 62.3 Å². The van der Waals surface area contributed by atoms with Crippen molar-refractivity contribution in [3.05, 3.63) is 24.4 Å². The molecule has 1 aromatic rings. The zero-order valence-electron chi connectivity index (χ0n) is 12.2. The van der Waals surface area contributed by atoms with Gasteiger partial charge in [-0.1, -0.05) is 13.0 Å². The molecular formula is C14H22ClN3O2S. The van der Waals surface area contributed by atoms with Crippen molar-refractivity contribution in [2.45, 2.75) is 25.8 Å². The van der Waals surface area contributed by atoms with Crippen LogP contribution < -0.4 is 9.62 Å². The number of anilines is 1. The van der Waals surface area contributed by atoms with Gasteiger partial charge in [0.05, 0.1) is 5.75 Å². The third-order valence-corrected chi connectivity index (χ3v) is 5.81. The van der Waals surface area contributed by atoms with E-state index >= 15 is 0 Å². The number of hydrogen-bond donors (Lipinski definition) is 1. The van der Waals surface area contributed by atoms with E-state index in [4.69, 9.17) is 11.6 Å². The van der Waals surface area contributed by atoms with Crippen molar-refractivity contribution in [3.63, 3.8) is 0 Å². The van der Waals surface area contributed by atoms with E-state index in [1.165, 1.54) is 0 Å². The van der Waals surface area contributed by atoms with Crippen molar-refractivity contribution < 1.29 is 8.42 Å². The number of piperidine rings is 1. The van der Waals surface area contributed by atoms with Crippen molar-refractivity contribution >= 4 is 27.4 Å². The van der Waals surface area contributed by atoms with Crippen LogP contribution in [0.15, 0.2) is 24.4 Å². The summed E-state index contributed by atoms with van der Waals surface area (Å²) in [4.78, 5) is 6.51. The van der Waals surface area contributed by atoms with Gasteiger partial charge in [-0.15, -0.1) is 11.6 Å². The standard InChI is InChI=1S/C14H22ClN3O2S/c1-12(10-15)11-21(19,20)17-13-5-8-18(9-6-13)14-4-2-3-7-16-14/h2-4,7,12-13,17H,5-6,8-11H2,1H3. The van der Waals surface area contributed by atoms with E-state index in [1.807, 2.05) is 25.1 Å². The highest BCUT2D eigenvalue weighted by atomic mass is 35.5. The van der Waals surface area contributed by atoms with Crippen molar-refractivity contribution in [1.29, 1.82) is 0 Å². The molecule has 2 heterocycles. The van der Waals surface area contributed by atoms with E-state index in [2.05, 4.69) is 14.6 Å². The van der Waals surface area contributed by atoms with Crippen LogP contribution in [0.5, 0.6) is 0 Å². The van der Waals surface area contributed by atoms with Crippen LogP contribution in [0.4, 0.5) is 5.82 Å². The molecule has 0 amide bonds. The number of rotatable bonds is 6. The molecule has 21 heavy (non-hydrogen) atoms. The minimum atomic E-state index is -3.24. The van der Waals surface area contributed by atoms with E-state index < -0.39 is 10.0 Å². The maximum absolute atomic E-state index is 12.0. The second-order valence-corrected chi connectivity index (χ2v) is 7.72. The molecule has 1 aliphatic heterocycles. The lowest BCUT2D eigenvalue weighted by Crippen LogP contribution is -2.46. The van der Waals surface area contributed by atoms with Crippen molar-refractivity contribution in [1.82, 2.24) is 9.71 Å². The molecule has 7 heteroatoms. The summed E-state index contributed by atoms with van der Waals surface area (Å²) in [5.74, 6) is 1.38. The minimum Gasteiger partial charge on any atom is -0.357 e. The molecule has 0 bridgehead atoms. The first-order valence-corrected chi connectivity index (χ1v) is 9.41. The van der Waals surface area contributed by atoms with Crippen molar-refractivity contribution in [3.8, 4) is 0 Å². The summed E-state index contributed by atoms with van der Waals surface area (Å²) in [7, 11) is -3.24. The molecule has 0 spiro atoms. The molecule has 1 N–H and O–H groups in total. The molecule has 1 saturated heterocycles. The Hall–Kier alpha value is -0.850. The average Bonchev–Trinajstić information content (AvgIpc) is 2.48. The molecule has 5 nitrogen and oxygen atoms in total. The van der Waals surface area contributed by atoms with Gasteiger partial charge in [-0.3, -0.25) is 0 Å². The third-order valence-electron chi connectivity index (χ3n) is 3.58. The fourth-order valence-electron chi connectivity index (χ4n) is 2.49. The Labute approximate surface area is 131 Å². The highest BCUT2D eigenvalue weighted by molar-refractivity contribution is 7.89. The van der Waals surface area contributed by atoms with E-state index in [0.717, 1.165) is 31.7 Å². The summed E-state index contributed by atoms with van der Waals surface area (Å²) in [6, 6.07) is 5.84. The number of alkyl halides is 1. The zero-order valence-corrected chi connectivity index (χ0v) is 13.8. The molecule has 0 saturated carbocycles. The molecule has 0 aromatic carbocycles. The highest BCUT2D eigenvalue weighted by Gasteiger charge is 2.25. The van der Waals surface area contributed by atoms with Gasteiger partial charge >= 0.3 is 0 Å². The van der Waals surface area contributed by atoms with Gasteiger partial charge < -0.3 is 4.90 Å². The van der Waals surface area contributed by atoms with Crippen LogP contribution in [0.25, 0.3) is 0 Å². The fraction of sp³-hybridized carbons (Fsp3) is 0.643. The van der Waals surface area contributed by atoms with E-state index in [1.54, 1.807) is 6.20 Å². The Morgan fingerprint density at radius 3 is 2.71 bits per heavy atom. The first-order chi connectivity index (χ1) is 10.00. The van der Waals surface area contributed by atoms with Gasteiger partial charge in [-0.2, -0.15) is 0 Å². The molecule has 0 aliphatic carbocycles. The van der Waals surface area contributed by atoms with Crippen LogP contribution in [-0.4, -0.2) is 44.2 Å². The normalized spacial score (nSPS) is 18.7. The fourth-order valence-corrected chi connectivity index (χ4v) is 4.43. The number of pyridine rings is 1. The largest absolute Gasteiger partial charge is 0.357 e. The quantitative estimate of drug-likeness (QED) is 0.808. The van der Waals surface area contributed by atoms with Gasteiger partial charge in [0.2, 0.25) is 10.0 Å². The number of halogens is 1. The average molecular weight is 332 g/mol. The number of nitrogens with zero attached hydrogens (tertiary/aromatic N) is 2. The van der Waals surface area contributed by atoms with Crippen LogP contribution in [0.3, 0.4) is 0 Å². The van der Waals surface area contributed by atoms with E-state index in [0.29, 0.717) is 5.88 Å². The van der Waals surface area contributed by atoms with Gasteiger partial charge in [0.25, 0.3) is 0 Å². The number of hydrogen-bond acceptors (Lipinski definition) is 4. The molecule has 1 fully saturated rings. The lowest BCUT2D eigenvalue weighted by Gasteiger charge is -2.33. The Balaban J connectivity index is 1.84. The van der Waals surface area contributed by atoms with Crippen LogP contribution in [-0.2, 0) is 10.0 Å². The number of sulfonamides is 1. The lowest BCUT2D eigenvalue weighted by atomic mass is 10.1. The van der Waals surface area contributed by atoms with Crippen LogP contribution >= 0.6 is 11.6 Å². The first kappa shape index (κ1) is 16.5. The molecule has 1 atom stereocenters. The molecule has 1 unspecified atom stereocenters. The van der Waals surface area contributed by atoms with Crippen molar-refractivity contribution in [2.75, 3.05) is 29.6 Å². The van der Waals surface area contributed by atoms with Gasteiger partial charge in [0.1, 0.15) is 5.82 Å². The predicted molar refractivity (Wildman–Crippen MR) is 86.3 cm³/mol. The molecule has 0 radical (unpaired) electrons. The van der Waals surface area contributed by atoms with Crippen LogP contribution in [0, 0.1) is 5.92 Å². The monoisotopic (exact) mass is 331 g/mol. The third kappa shape index (κ3) is 5.13. The smallest absolute Gasteiger partial charge is 0.212 e. The van der Waals surface area contributed by atoms with Crippen molar-refractivity contribution in [2.24, 2.45) is 5.92 Å². The first-order valence-electron chi connectivity index (χ1n) is 7.22. The molecule has 1 aromatic heterocycles. The summed E-state index contributed by atoms with van der Waals surface area (Å²) < 4.78 is 26.8. The SMILES string of the molecule is CC(CCl)CS(=O)(=O)NC1CCN(c2ccccn2)CC1. The Kier molecular flexibility index (Phi) is 5.84. The van der Waals surface area contributed by atoms with Gasteiger partial charge in [-0.25, -0.2) is 18.1 Å². The maximum Gasteiger partial charge on any atom is 0.212 e. The summed E-state index contributed by atoms with van der Waals surface area (Å²) in [5.41, 5.74) is 0. The summed E-state index contributed by atoms with van der Waals surface area (Å²) >= 11 is 5.68. The lowest BCUT2D eigenvalue weighted by molar-refractivity contribution is 0.456. The Morgan fingerprint density at radius 1 is 1.43 bits per heavy atom. The maximum atomic E-state index is 12.0. The molecular weight excluding hydrogens is 310 g/mol. The minimum absolute atomic E-state index is 0.0116. The highest BCUT2D eigenvalue weighted by Crippen LogP contribution is 2.18. The second kappa shape index (κ2) is 7.42. The summed E-state index contributed by atoms with van der Waals surface area (Å²) in [6.07, 6.45) is 3.37. The van der Waals surface area contributed by atoms with Gasteiger partial charge in [0.15, 0.2) is 0 Å². The van der Waals surface area contributed by atoms with Gasteiger partial charge in [0, 0.05) is 31.2 Å². The van der Waals surface area contributed by atoms with Crippen LogP contribution in [0.1, 0.15) is 19.8 Å². The summed E-state index contributed by atoms with van der Waals surface area (Å²) in [5, 5.41) is 0. The van der Waals surface area contributed by atoms with Crippen LogP contribution in [0.2, 0.25) is 0 Å². The molecule has 2 rings (SSSR count). The molecule has 1 aliphatic rings. The number of nitrogens with one attached hydrogen (secondary N) is 1. The Morgan fingerprint density at radius 2 is 2.14 bits per heavy atom. The predicted octanol–water partition coefficient (Wildman–Crippen LogP) is 1.84. The second-order valence-electron chi connectivity index (χ2n) is 5.61. The zero-order chi connectivity index (χ0) is 15.3. The number of aromatic nitrogens is 1. The van der Waals surface area contributed by atoms with E-state index in [9.17, 15) is 8.42 Å². The Bertz CT molecular complexity index is 530.